The van der Waals surface area contributed by atoms with Gasteiger partial charge in [0.1, 0.15) is 0 Å². The largest absolute Gasteiger partial charge is 0.479 e. The van der Waals surface area contributed by atoms with E-state index in [9.17, 15) is 14.7 Å². The molecule has 0 spiro atoms. The molecular formula is C12H18N2O4. The van der Waals surface area contributed by atoms with E-state index in [2.05, 4.69) is 18.5 Å². The maximum Gasteiger partial charge on any atom is 0.332 e. The Hall–Kier alpha value is -1.82. The molecule has 0 bridgehead atoms. The minimum absolute atomic E-state index is 0.00983. The maximum absolute atomic E-state index is 12.0. The number of carbonyl (C=O) groups is 2. The zero-order chi connectivity index (χ0) is 13.6. The number of carbonyl (C=O) groups excluding carboxylic acids is 1. The van der Waals surface area contributed by atoms with Gasteiger partial charge in [0.15, 0.2) is 5.54 Å². The van der Waals surface area contributed by atoms with E-state index in [0.29, 0.717) is 19.7 Å². The fourth-order valence-corrected chi connectivity index (χ4v) is 1.72. The lowest BCUT2D eigenvalue weighted by molar-refractivity contribution is -0.144. The van der Waals surface area contributed by atoms with Crippen molar-refractivity contribution in [2.24, 2.45) is 0 Å². The Labute approximate surface area is 106 Å². The lowest BCUT2D eigenvalue weighted by atomic mass is 9.99. The standard InChI is InChI=1S/C12H18N2O4/c1-3-6-14(7-4-2)11(17)13-12(10(15)16)5-8-18-9-12/h3-4H,1-2,5-9H2,(H,13,17)(H,15,16). The summed E-state index contributed by atoms with van der Waals surface area (Å²) >= 11 is 0. The van der Waals surface area contributed by atoms with Gasteiger partial charge in [-0.1, -0.05) is 12.2 Å². The number of amides is 2. The predicted molar refractivity (Wildman–Crippen MR) is 66.3 cm³/mol. The summed E-state index contributed by atoms with van der Waals surface area (Å²) in [5.74, 6) is -1.08. The molecule has 1 rings (SSSR count). The highest BCUT2D eigenvalue weighted by Crippen LogP contribution is 2.19. The molecule has 1 heterocycles. The highest BCUT2D eigenvalue weighted by molar-refractivity contribution is 5.86. The van der Waals surface area contributed by atoms with Crippen molar-refractivity contribution in [1.82, 2.24) is 10.2 Å². The molecular weight excluding hydrogens is 236 g/mol. The Bertz CT molecular complexity index is 338. The van der Waals surface area contributed by atoms with Crippen LogP contribution in [0.15, 0.2) is 25.3 Å². The van der Waals surface area contributed by atoms with Crippen LogP contribution in [0.3, 0.4) is 0 Å². The van der Waals surface area contributed by atoms with Gasteiger partial charge in [0.25, 0.3) is 0 Å². The number of urea groups is 1. The van der Waals surface area contributed by atoms with Crippen LogP contribution in [-0.2, 0) is 9.53 Å². The van der Waals surface area contributed by atoms with Gasteiger partial charge in [-0.3, -0.25) is 0 Å². The number of nitrogens with one attached hydrogen (secondary N) is 1. The van der Waals surface area contributed by atoms with Crippen LogP contribution in [0.2, 0.25) is 0 Å². The number of carboxylic acid groups (broad SMARTS) is 1. The van der Waals surface area contributed by atoms with Crippen molar-refractivity contribution >= 4 is 12.0 Å². The van der Waals surface area contributed by atoms with E-state index in [-0.39, 0.29) is 13.0 Å². The van der Waals surface area contributed by atoms with Crippen LogP contribution < -0.4 is 5.32 Å². The molecule has 0 aromatic heterocycles. The Morgan fingerprint density at radius 3 is 2.39 bits per heavy atom. The second-order valence-electron chi connectivity index (χ2n) is 4.10. The number of carboxylic acids is 1. The fraction of sp³-hybridized carbons (Fsp3) is 0.500. The zero-order valence-electron chi connectivity index (χ0n) is 10.2. The van der Waals surface area contributed by atoms with Gasteiger partial charge >= 0.3 is 12.0 Å². The number of hydrogen-bond acceptors (Lipinski definition) is 3. The third-order valence-electron chi connectivity index (χ3n) is 2.76. The fourth-order valence-electron chi connectivity index (χ4n) is 1.72. The van der Waals surface area contributed by atoms with Crippen LogP contribution in [0, 0.1) is 0 Å². The summed E-state index contributed by atoms with van der Waals surface area (Å²) in [6.07, 6.45) is 3.41. The van der Waals surface area contributed by atoms with Crippen molar-refractivity contribution < 1.29 is 19.4 Å². The third-order valence-corrected chi connectivity index (χ3v) is 2.76. The first-order valence-electron chi connectivity index (χ1n) is 5.66. The molecule has 0 aromatic carbocycles. The summed E-state index contributed by atoms with van der Waals surface area (Å²) < 4.78 is 5.07. The molecule has 1 unspecified atom stereocenters. The Morgan fingerprint density at radius 2 is 2.00 bits per heavy atom. The molecule has 1 aliphatic rings. The molecule has 0 radical (unpaired) electrons. The molecule has 0 saturated carbocycles. The molecule has 1 aliphatic heterocycles. The summed E-state index contributed by atoms with van der Waals surface area (Å²) in [5.41, 5.74) is -1.32. The topological polar surface area (TPSA) is 78.9 Å². The summed E-state index contributed by atoms with van der Waals surface area (Å²) in [6, 6.07) is -0.456. The van der Waals surface area contributed by atoms with Gasteiger partial charge in [0, 0.05) is 26.1 Å². The van der Waals surface area contributed by atoms with Crippen LogP contribution in [0.5, 0.6) is 0 Å². The molecule has 1 saturated heterocycles. The first kappa shape index (κ1) is 14.2. The number of aliphatic carboxylic acids is 1. The van der Waals surface area contributed by atoms with Gasteiger partial charge in [-0.25, -0.2) is 9.59 Å². The quantitative estimate of drug-likeness (QED) is 0.681. The van der Waals surface area contributed by atoms with Gasteiger partial charge in [0.05, 0.1) is 6.61 Å². The Kier molecular flexibility index (Phi) is 4.91. The smallest absolute Gasteiger partial charge is 0.332 e. The lowest BCUT2D eigenvalue weighted by Crippen LogP contribution is -2.58. The highest BCUT2D eigenvalue weighted by Gasteiger charge is 2.44. The van der Waals surface area contributed by atoms with Gasteiger partial charge in [-0.2, -0.15) is 0 Å². The van der Waals surface area contributed by atoms with Gasteiger partial charge in [-0.15, -0.1) is 13.2 Å². The van der Waals surface area contributed by atoms with E-state index >= 15 is 0 Å². The molecule has 2 amide bonds. The predicted octanol–water partition coefficient (Wildman–Crippen LogP) is 0.614. The van der Waals surface area contributed by atoms with E-state index in [1.54, 1.807) is 12.2 Å². The number of nitrogens with zero attached hydrogens (tertiary/aromatic N) is 1. The van der Waals surface area contributed by atoms with Crippen LogP contribution in [-0.4, -0.2) is 53.8 Å². The zero-order valence-corrected chi connectivity index (χ0v) is 10.2. The SMILES string of the molecule is C=CCN(CC=C)C(=O)NC1(C(=O)O)CCOC1. The van der Waals surface area contributed by atoms with Gasteiger partial charge < -0.3 is 20.1 Å². The van der Waals surface area contributed by atoms with Crippen LogP contribution >= 0.6 is 0 Å². The van der Waals surface area contributed by atoms with E-state index in [1.165, 1.54) is 4.90 Å². The van der Waals surface area contributed by atoms with Crippen LogP contribution in [0.1, 0.15) is 6.42 Å². The van der Waals surface area contributed by atoms with Gasteiger partial charge in [-0.05, 0) is 0 Å². The van der Waals surface area contributed by atoms with E-state index in [4.69, 9.17) is 4.74 Å². The summed E-state index contributed by atoms with van der Waals surface area (Å²) in [6.45, 7) is 8.08. The van der Waals surface area contributed by atoms with E-state index in [1.807, 2.05) is 0 Å². The van der Waals surface area contributed by atoms with Gasteiger partial charge in [0.2, 0.25) is 0 Å². The van der Waals surface area contributed by atoms with Crippen LogP contribution in [0.25, 0.3) is 0 Å². The molecule has 6 heteroatoms. The first-order valence-corrected chi connectivity index (χ1v) is 5.66. The molecule has 1 atom stereocenters. The van der Waals surface area contributed by atoms with Crippen molar-refractivity contribution in [3.05, 3.63) is 25.3 Å². The normalized spacial score (nSPS) is 22.2. The first-order chi connectivity index (χ1) is 8.55. The lowest BCUT2D eigenvalue weighted by Gasteiger charge is -2.28. The average Bonchev–Trinajstić information content (AvgIpc) is 2.78. The third kappa shape index (κ3) is 3.10. The van der Waals surface area contributed by atoms with Crippen molar-refractivity contribution in [3.63, 3.8) is 0 Å². The summed E-state index contributed by atoms with van der Waals surface area (Å²) in [4.78, 5) is 24.7. The average molecular weight is 254 g/mol. The minimum Gasteiger partial charge on any atom is -0.479 e. The molecule has 100 valence electrons. The molecule has 18 heavy (non-hydrogen) atoms. The van der Waals surface area contributed by atoms with Crippen molar-refractivity contribution in [2.75, 3.05) is 26.3 Å². The summed E-state index contributed by atoms with van der Waals surface area (Å²) in [7, 11) is 0. The number of rotatable bonds is 6. The monoisotopic (exact) mass is 254 g/mol. The molecule has 0 aliphatic carbocycles. The molecule has 2 N–H and O–H groups in total. The maximum atomic E-state index is 12.0. The minimum atomic E-state index is -1.32. The molecule has 1 fully saturated rings. The second kappa shape index (κ2) is 6.20. The van der Waals surface area contributed by atoms with Crippen molar-refractivity contribution in [2.45, 2.75) is 12.0 Å². The van der Waals surface area contributed by atoms with Crippen LogP contribution in [0.4, 0.5) is 4.79 Å². The van der Waals surface area contributed by atoms with Crippen molar-refractivity contribution in [1.29, 1.82) is 0 Å². The number of hydrogen-bond donors (Lipinski definition) is 2. The second-order valence-corrected chi connectivity index (χ2v) is 4.10. The van der Waals surface area contributed by atoms with E-state index < -0.39 is 17.5 Å². The van der Waals surface area contributed by atoms with Crippen molar-refractivity contribution in [3.8, 4) is 0 Å². The number of ether oxygens (including phenoxy) is 1. The Morgan fingerprint density at radius 1 is 1.39 bits per heavy atom. The molecule has 6 nitrogen and oxygen atoms in total. The Balaban J connectivity index is 2.73. The summed E-state index contributed by atoms with van der Waals surface area (Å²) in [5, 5.41) is 11.7. The molecule has 0 aromatic rings. The highest BCUT2D eigenvalue weighted by atomic mass is 16.5. The van der Waals surface area contributed by atoms with E-state index in [0.717, 1.165) is 0 Å².